The minimum Gasteiger partial charge on any atom is -0.351 e. The Bertz CT molecular complexity index is 438. The summed E-state index contributed by atoms with van der Waals surface area (Å²) in [6.45, 7) is -0.113. The van der Waals surface area contributed by atoms with Gasteiger partial charge in [-0.1, -0.05) is 0 Å². The van der Waals surface area contributed by atoms with Crippen molar-refractivity contribution in [2.45, 2.75) is 5.51 Å². The van der Waals surface area contributed by atoms with Crippen LogP contribution in [0.3, 0.4) is 0 Å². The molecular formula is C10H8BrF4NOS. The molecule has 0 heterocycles. The van der Waals surface area contributed by atoms with Crippen LogP contribution in [0.4, 0.5) is 17.6 Å². The molecule has 0 aliphatic heterocycles. The van der Waals surface area contributed by atoms with Crippen molar-refractivity contribution in [3.63, 3.8) is 0 Å². The van der Waals surface area contributed by atoms with Gasteiger partial charge in [0.15, 0.2) is 0 Å². The zero-order valence-corrected chi connectivity index (χ0v) is 11.3. The van der Waals surface area contributed by atoms with Crippen molar-refractivity contribution in [1.82, 2.24) is 5.32 Å². The van der Waals surface area contributed by atoms with Crippen LogP contribution in [0.15, 0.2) is 22.7 Å². The van der Waals surface area contributed by atoms with E-state index in [0.717, 1.165) is 6.07 Å². The second-order valence-electron chi connectivity index (χ2n) is 3.18. The number of carbonyl (C=O) groups excluding carboxylic acids is 1. The summed E-state index contributed by atoms with van der Waals surface area (Å²) >= 11 is 2.71. The first kappa shape index (κ1) is 15.3. The number of hydrogen-bond acceptors (Lipinski definition) is 2. The molecule has 0 aliphatic carbocycles. The predicted molar refractivity (Wildman–Crippen MR) is 64.9 cm³/mol. The number of benzene rings is 1. The first-order valence-electron chi connectivity index (χ1n) is 4.73. The molecule has 1 rings (SSSR count). The molecule has 18 heavy (non-hydrogen) atoms. The van der Waals surface area contributed by atoms with Gasteiger partial charge < -0.3 is 5.32 Å². The Morgan fingerprint density at radius 3 is 2.61 bits per heavy atom. The third kappa shape index (κ3) is 5.26. The second kappa shape index (κ2) is 6.42. The molecule has 0 aromatic heterocycles. The van der Waals surface area contributed by atoms with Gasteiger partial charge in [0.05, 0.1) is 4.47 Å². The van der Waals surface area contributed by atoms with Gasteiger partial charge in [0, 0.05) is 17.9 Å². The highest BCUT2D eigenvalue weighted by molar-refractivity contribution is 9.10. The van der Waals surface area contributed by atoms with E-state index in [0.29, 0.717) is 0 Å². The summed E-state index contributed by atoms with van der Waals surface area (Å²) in [5, 5.41) is 2.32. The van der Waals surface area contributed by atoms with Gasteiger partial charge in [-0.15, -0.1) is 0 Å². The van der Waals surface area contributed by atoms with Gasteiger partial charge in [-0.05, 0) is 45.9 Å². The van der Waals surface area contributed by atoms with E-state index in [1.165, 1.54) is 12.1 Å². The lowest BCUT2D eigenvalue weighted by atomic mass is 10.2. The lowest BCUT2D eigenvalue weighted by Gasteiger charge is -2.07. The molecule has 0 spiro atoms. The van der Waals surface area contributed by atoms with E-state index in [9.17, 15) is 22.4 Å². The molecule has 0 atom stereocenters. The Morgan fingerprint density at radius 2 is 2.06 bits per heavy atom. The minimum atomic E-state index is -4.30. The van der Waals surface area contributed by atoms with Crippen molar-refractivity contribution in [3.05, 3.63) is 34.1 Å². The van der Waals surface area contributed by atoms with E-state index in [1.807, 2.05) is 0 Å². The zero-order valence-electron chi connectivity index (χ0n) is 8.85. The number of thioether (sulfide) groups is 1. The smallest absolute Gasteiger partial charge is 0.351 e. The number of hydrogen-bond donors (Lipinski definition) is 1. The first-order valence-corrected chi connectivity index (χ1v) is 6.51. The molecule has 1 aromatic carbocycles. The maximum Gasteiger partial charge on any atom is 0.441 e. The van der Waals surface area contributed by atoms with Gasteiger partial charge in [0.25, 0.3) is 5.91 Å². The van der Waals surface area contributed by atoms with Crippen LogP contribution in [-0.4, -0.2) is 23.7 Å². The summed E-state index contributed by atoms with van der Waals surface area (Å²) in [6, 6.07) is 3.62. The number of halogens is 5. The molecule has 1 amide bonds. The van der Waals surface area contributed by atoms with Crippen LogP contribution in [0.25, 0.3) is 0 Å². The van der Waals surface area contributed by atoms with Crippen LogP contribution in [0.2, 0.25) is 0 Å². The van der Waals surface area contributed by atoms with E-state index < -0.39 is 17.2 Å². The number of amides is 1. The fourth-order valence-electron chi connectivity index (χ4n) is 1.07. The average Bonchev–Trinajstić information content (AvgIpc) is 2.26. The Morgan fingerprint density at radius 1 is 1.39 bits per heavy atom. The van der Waals surface area contributed by atoms with E-state index in [2.05, 4.69) is 21.2 Å². The molecule has 0 bridgehead atoms. The predicted octanol–water partition coefficient (Wildman–Crippen LogP) is 3.57. The van der Waals surface area contributed by atoms with E-state index in [4.69, 9.17) is 0 Å². The Balaban J connectivity index is 2.43. The maximum absolute atomic E-state index is 12.9. The van der Waals surface area contributed by atoms with Crippen molar-refractivity contribution in [1.29, 1.82) is 0 Å². The van der Waals surface area contributed by atoms with Crippen LogP contribution in [-0.2, 0) is 0 Å². The molecule has 1 N–H and O–H groups in total. The molecule has 0 fully saturated rings. The van der Waals surface area contributed by atoms with Gasteiger partial charge in [-0.3, -0.25) is 4.79 Å². The van der Waals surface area contributed by atoms with E-state index >= 15 is 0 Å². The summed E-state index contributed by atoms with van der Waals surface area (Å²) in [4.78, 5) is 11.5. The van der Waals surface area contributed by atoms with Gasteiger partial charge in [-0.25, -0.2) is 4.39 Å². The van der Waals surface area contributed by atoms with Crippen molar-refractivity contribution >= 4 is 33.6 Å². The molecule has 0 saturated carbocycles. The summed E-state index contributed by atoms with van der Waals surface area (Å²) in [6.07, 6.45) is 0. The number of rotatable bonds is 4. The van der Waals surface area contributed by atoms with E-state index in [1.54, 1.807) is 0 Å². The molecule has 0 radical (unpaired) electrons. The van der Waals surface area contributed by atoms with Gasteiger partial charge in [0.2, 0.25) is 0 Å². The lowest BCUT2D eigenvalue weighted by molar-refractivity contribution is -0.0327. The average molecular weight is 346 g/mol. The monoisotopic (exact) mass is 345 g/mol. The molecule has 1 aromatic rings. The molecule has 0 unspecified atom stereocenters. The van der Waals surface area contributed by atoms with Gasteiger partial charge >= 0.3 is 5.51 Å². The number of carbonyl (C=O) groups is 1. The van der Waals surface area contributed by atoms with Crippen molar-refractivity contribution < 1.29 is 22.4 Å². The highest BCUT2D eigenvalue weighted by atomic mass is 79.9. The highest BCUT2D eigenvalue weighted by Gasteiger charge is 2.27. The Labute approximate surface area is 113 Å². The summed E-state index contributed by atoms with van der Waals surface area (Å²) in [7, 11) is 0. The fourth-order valence-corrected chi connectivity index (χ4v) is 1.89. The topological polar surface area (TPSA) is 29.1 Å². The summed E-state index contributed by atoms with van der Waals surface area (Å²) < 4.78 is 48.4. The van der Waals surface area contributed by atoms with Crippen molar-refractivity contribution in [3.8, 4) is 0 Å². The number of alkyl halides is 3. The van der Waals surface area contributed by atoms with Gasteiger partial charge in [-0.2, -0.15) is 13.2 Å². The maximum atomic E-state index is 12.9. The molecule has 100 valence electrons. The molecular weight excluding hydrogens is 338 g/mol. The third-order valence-electron chi connectivity index (χ3n) is 1.84. The zero-order chi connectivity index (χ0) is 13.8. The third-order valence-corrected chi connectivity index (χ3v) is 3.18. The Hall–Kier alpha value is -0.760. The van der Waals surface area contributed by atoms with Crippen molar-refractivity contribution in [2.75, 3.05) is 12.3 Å². The highest BCUT2D eigenvalue weighted by Crippen LogP contribution is 2.29. The first-order chi connectivity index (χ1) is 8.29. The number of nitrogens with one attached hydrogen (secondary N) is 1. The van der Waals surface area contributed by atoms with Crippen LogP contribution >= 0.6 is 27.7 Å². The normalized spacial score (nSPS) is 11.4. The molecule has 0 saturated heterocycles. The lowest BCUT2D eigenvalue weighted by Crippen LogP contribution is -2.26. The fraction of sp³-hybridized carbons (Fsp3) is 0.300. The Kier molecular flexibility index (Phi) is 5.46. The van der Waals surface area contributed by atoms with Crippen LogP contribution in [0.1, 0.15) is 10.4 Å². The summed E-state index contributed by atoms with van der Waals surface area (Å²) in [5.41, 5.74) is -4.12. The van der Waals surface area contributed by atoms with Crippen LogP contribution in [0.5, 0.6) is 0 Å². The van der Waals surface area contributed by atoms with Crippen molar-refractivity contribution in [2.24, 2.45) is 0 Å². The quantitative estimate of drug-likeness (QED) is 0.667. The van der Waals surface area contributed by atoms with Crippen LogP contribution < -0.4 is 5.32 Å². The molecule has 0 aliphatic rings. The SMILES string of the molecule is O=C(NCCSC(F)(F)F)c1ccc(F)c(Br)c1. The van der Waals surface area contributed by atoms with Gasteiger partial charge in [0.1, 0.15) is 5.82 Å². The second-order valence-corrected chi connectivity index (χ2v) is 5.19. The largest absolute Gasteiger partial charge is 0.441 e. The molecule has 2 nitrogen and oxygen atoms in total. The summed E-state index contributed by atoms with van der Waals surface area (Å²) in [5.74, 6) is -1.32. The minimum absolute atomic E-state index is 0.113. The molecule has 8 heteroatoms. The standard InChI is InChI=1S/C10H8BrF4NOS/c11-7-5-6(1-2-8(7)12)9(17)16-3-4-18-10(13,14)15/h1-2,5H,3-4H2,(H,16,17). The van der Waals surface area contributed by atoms with E-state index in [-0.39, 0.29) is 34.1 Å². The van der Waals surface area contributed by atoms with Crippen LogP contribution in [0, 0.1) is 5.82 Å².